The first kappa shape index (κ1) is 9.21. The maximum Gasteiger partial charge on any atom is 0.272 e. The number of nitrogens with zero attached hydrogens (tertiary/aromatic N) is 1. The van der Waals surface area contributed by atoms with Crippen LogP contribution in [0, 0.1) is 6.92 Å². The van der Waals surface area contributed by atoms with Crippen LogP contribution in [0.1, 0.15) is 11.5 Å². The summed E-state index contributed by atoms with van der Waals surface area (Å²) >= 11 is 0. The Hall–Kier alpha value is -0.880. The van der Waals surface area contributed by atoms with Gasteiger partial charge < -0.3 is 4.52 Å². The summed E-state index contributed by atoms with van der Waals surface area (Å²) in [6, 6.07) is 1.55. The second kappa shape index (κ2) is 3.24. The molecule has 0 atom stereocenters. The summed E-state index contributed by atoms with van der Waals surface area (Å²) < 4.78 is 30.7. The summed E-state index contributed by atoms with van der Waals surface area (Å²) in [5, 5.41) is 3.51. The molecule has 1 aromatic rings. The standard InChI is InChI=1S/C6H9NO4S/c1-5-3-6(7-11-5)4-12(8,9)10-2/h3H,4H2,1-2H3. The first-order chi connectivity index (χ1) is 5.53. The van der Waals surface area contributed by atoms with Crippen LogP contribution >= 0.6 is 0 Å². The van der Waals surface area contributed by atoms with Gasteiger partial charge in [0.25, 0.3) is 10.1 Å². The first-order valence-electron chi connectivity index (χ1n) is 3.24. The third-order valence-corrected chi connectivity index (χ3v) is 2.41. The molecule has 12 heavy (non-hydrogen) atoms. The monoisotopic (exact) mass is 191 g/mol. The van der Waals surface area contributed by atoms with Crippen LogP contribution in [0.15, 0.2) is 10.6 Å². The van der Waals surface area contributed by atoms with Crippen LogP contribution < -0.4 is 0 Å². The van der Waals surface area contributed by atoms with E-state index in [4.69, 9.17) is 0 Å². The third kappa shape index (κ3) is 2.31. The SMILES string of the molecule is COS(=O)(=O)Cc1cc(C)on1. The van der Waals surface area contributed by atoms with Crippen molar-refractivity contribution in [1.82, 2.24) is 5.16 Å². The molecule has 1 rings (SSSR count). The molecular formula is C6H9NO4S. The van der Waals surface area contributed by atoms with E-state index in [9.17, 15) is 8.42 Å². The van der Waals surface area contributed by atoms with Crippen molar-refractivity contribution in [3.8, 4) is 0 Å². The summed E-state index contributed by atoms with van der Waals surface area (Å²) in [6.07, 6.45) is 0. The van der Waals surface area contributed by atoms with Crippen LogP contribution in [0.2, 0.25) is 0 Å². The number of aromatic nitrogens is 1. The Morgan fingerprint density at radius 3 is 2.75 bits per heavy atom. The van der Waals surface area contributed by atoms with E-state index in [1.807, 2.05) is 0 Å². The molecule has 6 heteroatoms. The van der Waals surface area contributed by atoms with Crippen molar-refractivity contribution < 1.29 is 17.1 Å². The first-order valence-corrected chi connectivity index (χ1v) is 4.82. The summed E-state index contributed by atoms with van der Waals surface area (Å²) in [4.78, 5) is 0. The van der Waals surface area contributed by atoms with E-state index in [1.54, 1.807) is 13.0 Å². The summed E-state index contributed by atoms with van der Waals surface area (Å²) in [5.41, 5.74) is 0.356. The maximum atomic E-state index is 10.9. The molecule has 1 aromatic heterocycles. The van der Waals surface area contributed by atoms with Crippen molar-refractivity contribution in [2.75, 3.05) is 7.11 Å². The molecule has 1 heterocycles. The van der Waals surface area contributed by atoms with Crippen molar-refractivity contribution in [2.45, 2.75) is 12.7 Å². The van der Waals surface area contributed by atoms with E-state index in [-0.39, 0.29) is 5.75 Å². The normalized spacial score (nSPS) is 11.8. The molecule has 0 aliphatic carbocycles. The molecule has 0 saturated heterocycles. The third-order valence-electron chi connectivity index (χ3n) is 1.26. The van der Waals surface area contributed by atoms with Gasteiger partial charge in [-0.1, -0.05) is 5.16 Å². The molecule has 0 fully saturated rings. The van der Waals surface area contributed by atoms with Crippen LogP contribution in [0.3, 0.4) is 0 Å². The fraction of sp³-hybridized carbons (Fsp3) is 0.500. The molecule has 68 valence electrons. The van der Waals surface area contributed by atoms with Crippen LogP contribution in [-0.4, -0.2) is 20.7 Å². The fourth-order valence-electron chi connectivity index (χ4n) is 0.726. The molecule has 5 nitrogen and oxygen atoms in total. The van der Waals surface area contributed by atoms with E-state index in [1.165, 1.54) is 0 Å². The van der Waals surface area contributed by atoms with Crippen LogP contribution in [0.25, 0.3) is 0 Å². The highest BCUT2D eigenvalue weighted by Crippen LogP contribution is 2.06. The van der Waals surface area contributed by atoms with Gasteiger partial charge in [0.1, 0.15) is 17.2 Å². The number of rotatable bonds is 3. The minimum atomic E-state index is -3.48. The van der Waals surface area contributed by atoms with Gasteiger partial charge in [-0.05, 0) is 6.92 Å². The fourth-order valence-corrected chi connectivity index (χ4v) is 1.34. The molecule has 0 saturated carbocycles. The van der Waals surface area contributed by atoms with Gasteiger partial charge in [-0.2, -0.15) is 8.42 Å². The predicted octanol–water partition coefficient (Wildman–Crippen LogP) is 0.459. The second-order valence-corrected chi connectivity index (χ2v) is 4.03. The van der Waals surface area contributed by atoms with E-state index in [0.717, 1.165) is 7.11 Å². The van der Waals surface area contributed by atoms with Crippen molar-refractivity contribution in [3.05, 3.63) is 17.5 Å². The molecule has 0 N–H and O–H groups in total. The maximum absolute atomic E-state index is 10.9. The van der Waals surface area contributed by atoms with Gasteiger partial charge in [-0.3, -0.25) is 4.18 Å². The quantitative estimate of drug-likeness (QED) is 0.649. The number of hydrogen-bond donors (Lipinski definition) is 0. The summed E-state index contributed by atoms with van der Waals surface area (Å²) in [7, 11) is -2.37. The summed E-state index contributed by atoms with van der Waals surface area (Å²) in [6.45, 7) is 1.69. The second-order valence-electron chi connectivity index (χ2n) is 2.30. The minimum Gasteiger partial charge on any atom is -0.361 e. The average molecular weight is 191 g/mol. The lowest BCUT2D eigenvalue weighted by atomic mass is 10.4. The molecular weight excluding hydrogens is 182 g/mol. The Kier molecular flexibility index (Phi) is 2.49. The van der Waals surface area contributed by atoms with Gasteiger partial charge in [0.05, 0.1) is 7.11 Å². The van der Waals surface area contributed by atoms with Gasteiger partial charge in [-0.25, -0.2) is 0 Å². The number of hydrogen-bond acceptors (Lipinski definition) is 5. The van der Waals surface area contributed by atoms with Crippen molar-refractivity contribution in [2.24, 2.45) is 0 Å². The Morgan fingerprint density at radius 1 is 1.67 bits per heavy atom. The highest BCUT2D eigenvalue weighted by Gasteiger charge is 2.12. The van der Waals surface area contributed by atoms with Crippen molar-refractivity contribution in [1.29, 1.82) is 0 Å². The van der Waals surface area contributed by atoms with E-state index in [0.29, 0.717) is 11.5 Å². The Morgan fingerprint density at radius 2 is 2.33 bits per heavy atom. The van der Waals surface area contributed by atoms with Gasteiger partial charge in [0.2, 0.25) is 0 Å². The van der Waals surface area contributed by atoms with E-state index >= 15 is 0 Å². The van der Waals surface area contributed by atoms with Gasteiger partial charge >= 0.3 is 0 Å². The molecule has 0 bridgehead atoms. The molecule has 0 radical (unpaired) electrons. The predicted molar refractivity (Wildman–Crippen MR) is 40.9 cm³/mol. The lowest BCUT2D eigenvalue weighted by Gasteiger charge is -1.95. The van der Waals surface area contributed by atoms with Crippen molar-refractivity contribution in [3.63, 3.8) is 0 Å². The Labute approximate surface area is 70.4 Å². The highest BCUT2D eigenvalue weighted by molar-refractivity contribution is 7.85. The van der Waals surface area contributed by atoms with Crippen LogP contribution in [-0.2, 0) is 20.1 Å². The van der Waals surface area contributed by atoms with Gasteiger partial charge in [0, 0.05) is 6.07 Å². The van der Waals surface area contributed by atoms with E-state index < -0.39 is 10.1 Å². The van der Waals surface area contributed by atoms with Gasteiger partial charge in [0.15, 0.2) is 0 Å². The van der Waals surface area contributed by atoms with Gasteiger partial charge in [-0.15, -0.1) is 0 Å². The topological polar surface area (TPSA) is 69.4 Å². The van der Waals surface area contributed by atoms with E-state index in [2.05, 4.69) is 13.9 Å². The zero-order chi connectivity index (χ0) is 9.19. The Balaban J connectivity index is 2.77. The van der Waals surface area contributed by atoms with Crippen molar-refractivity contribution >= 4 is 10.1 Å². The molecule has 0 amide bonds. The molecule has 0 aromatic carbocycles. The average Bonchev–Trinajstić information content (AvgIpc) is 2.35. The zero-order valence-corrected chi connectivity index (χ0v) is 7.59. The summed E-state index contributed by atoms with van der Waals surface area (Å²) in [5.74, 6) is 0.331. The number of aryl methyl sites for hydroxylation is 1. The largest absolute Gasteiger partial charge is 0.361 e. The smallest absolute Gasteiger partial charge is 0.272 e. The minimum absolute atomic E-state index is 0.249. The lowest BCUT2D eigenvalue weighted by molar-refractivity contribution is 0.383. The molecule has 0 aliphatic heterocycles. The highest BCUT2D eigenvalue weighted by atomic mass is 32.2. The van der Waals surface area contributed by atoms with Crippen LogP contribution in [0.4, 0.5) is 0 Å². The molecule has 0 unspecified atom stereocenters. The lowest BCUT2D eigenvalue weighted by Crippen LogP contribution is -2.05. The van der Waals surface area contributed by atoms with Crippen LogP contribution in [0.5, 0.6) is 0 Å². The zero-order valence-electron chi connectivity index (χ0n) is 6.77. The molecule has 0 spiro atoms. The Bertz CT molecular complexity index is 353. The molecule has 0 aliphatic rings.